The summed E-state index contributed by atoms with van der Waals surface area (Å²) in [5.74, 6) is -0.101. The van der Waals surface area contributed by atoms with E-state index >= 15 is 0 Å². The van der Waals surface area contributed by atoms with E-state index in [1.54, 1.807) is 6.07 Å². The van der Waals surface area contributed by atoms with Crippen LogP contribution in [-0.2, 0) is 11.3 Å². The second-order valence-electron chi connectivity index (χ2n) is 7.33. The number of hydrogen-bond donors (Lipinski definition) is 0. The van der Waals surface area contributed by atoms with E-state index in [0.717, 1.165) is 32.3 Å². The molecule has 0 aliphatic heterocycles. The Morgan fingerprint density at radius 1 is 1.36 bits per heavy atom. The predicted octanol–water partition coefficient (Wildman–Crippen LogP) is 2.46. The molecule has 0 radical (unpaired) electrons. The van der Waals surface area contributed by atoms with Gasteiger partial charge in [-0.15, -0.1) is 0 Å². The van der Waals surface area contributed by atoms with Crippen molar-refractivity contribution in [3.63, 3.8) is 0 Å². The van der Waals surface area contributed by atoms with E-state index < -0.39 is 0 Å². The van der Waals surface area contributed by atoms with Crippen molar-refractivity contribution in [2.24, 2.45) is 5.41 Å². The van der Waals surface area contributed by atoms with Gasteiger partial charge in [-0.3, -0.25) is 9.59 Å². The van der Waals surface area contributed by atoms with Gasteiger partial charge >= 0.3 is 0 Å². The smallest absolute Gasteiger partial charge is 0.274 e. The van der Waals surface area contributed by atoms with Crippen molar-refractivity contribution >= 4 is 5.91 Å². The van der Waals surface area contributed by atoms with Crippen LogP contribution in [0.5, 0.6) is 0 Å². The Labute approximate surface area is 149 Å². The monoisotopic (exact) mass is 347 g/mol. The number of carbonyl (C=O) groups is 1. The van der Waals surface area contributed by atoms with Gasteiger partial charge in [0.15, 0.2) is 0 Å². The summed E-state index contributed by atoms with van der Waals surface area (Å²) in [5, 5.41) is 4.28. The van der Waals surface area contributed by atoms with Crippen molar-refractivity contribution in [2.45, 2.75) is 71.1 Å². The molecule has 2 aliphatic carbocycles. The number of aryl methyl sites for hydroxylation is 1. The Balaban J connectivity index is 1.79. The highest BCUT2D eigenvalue weighted by Crippen LogP contribution is 2.56. The van der Waals surface area contributed by atoms with Crippen LogP contribution in [0, 0.1) is 5.41 Å². The largest absolute Gasteiger partial charge is 0.378 e. The lowest BCUT2D eigenvalue weighted by molar-refractivity contribution is -0.152. The van der Waals surface area contributed by atoms with E-state index in [0.29, 0.717) is 12.2 Å². The molecule has 2 unspecified atom stereocenters. The van der Waals surface area contributed by atoms with Crippen LogP contribution in [0.4, 0.5) is 0 Å². The van der Waals surface area contributed by atoms with Crippen LogP contribution in [0.25, 0.3) is 0 Å². The van der Waals surface area contributed by atoms with Gasteiger partial charge in [0.25, 0.3) is 11.5 Å². The minimum absolute atomic E-state index is 0.101. The third kappa shape index (κ3) is 3.12. The van der Waals surface area contributed by atoms with Crippen LogP contribution in [-0.4, -0.2) is 46.4 Å². The molecule has 6 heteroatoms. The molecule has 2 atom stereocenters. The minimum atomic E-state index is -0.159. The van der Waals surface area contributed by atoms with Crippen molar-refractivity contribution in [1.82, 2.24) is 14.7 Å². The summed E-state index contributed by atoms with van der Waals surface area (Å²) in [6.07, 6.45) is 6.64. The van der Waals surface area contributed by atoms with Crippen molar-refractivity contribution in [2.75, 3.05) is 13.7 Å². The van der Waals surface area contributed by atoms with Crippen LogP contribution in [0.1, 0.15) is 62.9 Å². The third-order valence-electron chi connectivity index (χ3n) is 5.95. The highest BCUT2D eigenvalue weighted by molar-refractivity contribution is 5.92. The van der Waals surface area contributed by atoms with Crippen LogP contribution in [0.3, 0.4) is 0 Å². The van der Waals surface area contributed by atoms with E-state index in [1.807, 2.05) is 25.8 Å². The minimum Gasteiger partial charge on any atom is -0.378 e. The van der Waals surface area contributed by atoms with Crippen molar-refractivity contribution in [3.05, 3.63) is 28.2 Å². The molecule has 1 aromatic rings. The molecule has 25 heavy (non-hydrogen) atoms. The van der Waals surface area contributed by atoms with Crippen LogP contribution in [0.2, 0.25) is 0 Å². The fourth-order valence-electron chi connectivity index (χ4n) is 4.65. The molecule has 0 N–H and O–H groups in total. The molecule has 2 fully saturated rings. The molecule has 1 heterocycles. The molecule has 2 aliphatic rings. The molecule has 0 bridgehead atoms. The van der Waals surface area contributed by atoms with Gasteiger partial charge in [-0.05, 0) is 38.7 Å². The molecule has 138 valence electrons. The third-order valence-corrected chi connectivity index (χ3v) is 5.95. The van der Waals surface area contributed by atoms with E-state index in [9.17, 15) is 9.59 Å². The number of rotatable bonds is 6. The Hall–Kier alpha value is -1.69. The molecular formula is C19H29N3O3. The summed E-state index contributed by atoms with van der Waals surface area (Å²) >= 11 is 0. The van der Waals surface area contributed by atoms with Crippen LogP contribution < -0.4 is 5.56 Å². The predicted molar refractivity (Wildman–Crippen MR) is 95.6 cm³/mol. The second kappa shape index (κ2) is 7.28. The first-order valence-electron chi connectivity index (χ1n) is 9.50. The summed E-state index contributed by atoms with van der Waals surface area (Å²) in [6.45, 7) is 5.27. The average molecular weight is 347 g/mol. The zero-order chi connectivity index (χ0) is 18.0. The number of amides is 1. The zero-order valence-corrected chi connectivity index (χ0v) is 15.5. The van der Waals surface area contributed by atoms with Gasteiger partial charge in [0.1, 0.15) is 5.69 Å². The maximum Gasteiger partial charge on any atom is 0.274 e. The number of ether oxygens (including phenoxy) is 1. The Morgan fingerprint density at radius 2 is 2.08 bits per heavy atom. The standard InChI is InChI=1S/C19H29N3O3/c1-4-12-22-17(23)9-8-14(20-22)18(24)21(3)15-13-16(25-5-2)19(15)10-6-7-11-19/h8-9,15-16H,4-7,10-13H2,1-3H3. The second-order valence-corrected chi connectivity index (χ2v) is 7.33. The maximum atomic E-state index is 13.0. The van der Waals surface area contributed by atoms with Gasteiger partial charge in [0.2, 0.25) is 0 Å². The van der Waals surface area contributed by atoms with Crippen LogP contribution in [0.15, 0.2) is 16.9 Å². The molecular weight excluding hydrogens is 318 g/mol. The van der Waals surface area contributed by atoms with Crippen LogP contribution >= 0.6 is 0 Å². The van der Waals surface area contributed by atoms with E-state index in [4.69, 9.17) is 4.74 Å². The van der Waals surface area contributed by atoms with Gasteiger partial charge in [-0.25, -0.2) is 4.68 Å². The number of hydrogen-bond acceptors (Lipinski definition) is 4. The highest BCUT2D eigenvalue weighted by Gasteiger charge is 2.58. The lowest BCUT2D eigenvalue weighted by atomic mass is 9.60. The van der Waals surface area contributed by atoms with Gasteiger partial charge in [-0.1, -0.05) is 19.8 Å². The summed E-state index contributed by atoms with van der Waals surface area (Å²) in [5.41, 5.74) is 0.301. The van der Waals surface area contributed by atoms with Crippen molar-refractivity contribution < 1.29 is 9.53 Å². The van der Waals surface area contributed by atoms with E-state index in [2.05, 4.69) is 5.10 Å². The summed E-state index contributed by atoms with van der Waals surface area (Å²) in [4.78, 5) is 26.6. The summed E-state index contributed by atoms with van der Waals surface area (Å²) in [6, 6.07) is 3.19. The molecule has 3 rings (SSSR count). The van der Waals surface area contributed by atoms with Crippen molar-refractivity contribution in [1.29, 1.82) is 0 Å². The lowest BCUT2D eigenvalue weighted by Gasteiger charge is -2.56. The summed E-state index contributed by atoms with van der Waals surface area (Å²) in [7, 11) is 1.87. The summed E-state index contributed by atoms with van der Waals surface area (Å²) < 4.78 is 7.33. The first-order chi connectivity index (χ1) is 12.0. The molecule has 1 aromatic heterocycles. The molecule has 2 saturated carbocycles. The molecule has 1 spiro atoms. The zero-order valence-electron chi connectivity index (χ0n) is 15.5. The fourth-order valence-corrected chi connectivity index (χ4v) is 4.65. The first-order valence-corrected chi connectivity index (χ1v) is 9.50. The van der Waals surface area contributed by atoms with E-state index in [-0.39, 0.29) is 29.0 Å². The Morgan fingerprint density at radius 3 is 2.72 bits per heavy atom. The van der Waals surface area contributed by atoms with E-state index in [1.165, 1.54) is 23.6 Å². The topological polar surface area (TPSA) is 64.4 Å². The van der Waals surface area contributed by atoms with Gasteiger partial charge in [0, 0.05) is 37.7 Å². The quantitative estimate of drug-likeness (QED) is 0.793. The molecule has 6 nitrogen and oxygen atoms in total. The van der Waals surface area contributed by atoms with Crippen molar-refractivity contribution in [3.8, 4) is 0 Å². The SMILES string of the molecule is CCCn1nc(C(=O)N(C)C2CC(OCC)C23CCCC3)ccc1=O. The lowest BCUT2D eigenvalue weighted by Crippen LogP contribution is -2.64. The molecule has 0 saturated heterocycles. The number of nitrogens with zero attached hydrogens (tertiary/aromatic N) is 3. The average Bonchev–Trinajstić information content (AvgIpc) is 3.12. The molecule has 1 amide bonds. The van der Waals surface area contributed by atoms with Gasteiger partial charge in [0.05, 0.1) is 6.10 Å². The number of aromatic nitrogens is 2. The number of carbonyl (C=O) groups excluding carboxylic acids is 1. The Kier molecular flexibility index (Phi) is 5.27. The fraction of sp³-hybridized carbons (Fsp3) is 0.737. The highest BCUT2D eigenvalue weighted by atomic mass is 16.5. The first kappa shape index (κ1) is 18.1. The van der Waals surface area contributed by atoms with Gasteiger partial charge < -0.3 is 9.64 Å². The Bertz CT molecular complexity index is 679. The maximum absolute atomic E-state index is 13.0. The molecule has 0 aromatic carbocycles. The van der Waals surface area contributed by atoms with Gasteiger partial charge in [-0.2, -0.15) is 5.10 Å². The normalized spacial score (nSPS) is 24.3.